The summed E-state index contributed by atoms with van der Waals surface area (Å²) in [6, 6.07) is 10.5. The standard InChI is InChI=1S/C26H28F4N2O3/c1-24(35,26(28,29)30)17-4-2-16(3-5-17)22(33)32(20-10-11-20)21-12-14-25(15-13-21,23(31)34)18-6-8-19(27)9-7-18/h2-9,20-21,35H,10-15H2,1H3,(H2,31,34)/t21-,24-,25+/m0/s1. The number of hydrogen-bond donors (Lipinski definition) is 2. The molecule has 0 saturated heterocycles. The van der Waals surface area contributed by atoms with Gasteiger partial charge < -0.3 is 15.7 Å². The highest BCUT2D eigenvalue weighted by Gasteiger charge is 2.51. The van der Waals surface area contributed by atoms with Crippen LogP contribution in [-0.2, 0) is 15.8 Å². The van der Waals surface area contributed by atoms with Crippen LogP contribution in [0.2, 0.25) is 0 Å². The normalized spacial score (nSPS) is 24.5. The second kappa shape index (κ2) is 8.93. The van der Waals surface area contributed by atoms with Crippen molar-refractivity contribution in [3.05, 3.63) is 71.0 Å². The molecule has 0 radical (unpaired) electrons. The summed E-state index contributed by atoms with van der Waals surface area (Å²) >= 11 is 0. The van der Waals surface area contributed by atoms with Gasteiger partial charge in [-0.05, 0) is 80.8 Å². The Labute approximate surface area is 200 Å². The largest absolute Gasteiger partial charge is 0.421 e. The Hall–Kier alpha value is -2.94. The van der Waals surface area contributed by atoms with E-state index >= 15 is 0 Å². The summed E-state index contributed by atoms with van der Waals surface area (Å²) < 4.78 is 52.9. The van der Waals surface area contributed by atoms with E-state index in [2.05, 4.69) is 0 Å². The Bertz CT molecular complexity index is 1090. The van der Waals surface area contributed by atoms with Crippen LogP contribution in [0.1, 0.15) is 66.9 Å². The van der Waals surface area contributed by atoms with Crippen LogP contribution in [0, 0.1) is 5.82 Å². The first-order valence-corrected chi connectivity index (χ1v) is 11.6. The smallest absolute Gasteiger partial charge is 0.376 e. The minimum Gasteiger partial charge on any atom is -0.376 e. The molecule has 4 rings (SSSR count). The van der Waals surface area contributed by atoms with E-state index < -0.39 is 28.9 Å². The van der Waals surface area contributed by atoms with Crippen LogP contribution < -0.4 is 5.73 Å². The number of nitrogens with two attached hydrogens (primary N) is 1. The van der Waals surface area contributed by atoms with E-state index in [0.717, 1.165) is 25.0 Å². The van der Waals surface area contributed by atoms with Gasteiger partial charge in [0.15, 0.2) is 5.60 Å². The number of carbonyl (C=O) groups excluding carboxylic acids is 2. The van der Waals surface area contributed by atoms with E-state index in [1.54, 1.807) is 17.0 Å². The maximum atomic E-state index is 13.4. The van der Waals surface area contributed by atoms with Gasteiger partial charge in [0.05, 0.1) is 5.41 Å². The van der Waals surface area contributed by atoms with E-state index in [-0.39, 0.29) is 29.1 Å². The van der Waals surface area contributed by atoms with Crippen molar-refractivity contribution in [2.24, 2.45) is 5.73 Å². The maximum Gasteiger partial charge on any atom is 0.421 e. The number of alkyl halides is 3. The number of carbonyl (C=O) groups is 2. The van der Waals surface area contributed by atoms with Crippen LogP contribution >= 0.6 is 0 Å². The van der Waals surface area contributed by atoms with Gasteiger partial charge in [-0.3, -0.25) is 9.59 Å². The average molecular weight is 493 g/mol. The average Bonchev–Trinajstić information content (AvgIpc) is 3.64. The topological polar surface area (TPSA) is 83.6 Å². The fourth-order valence-corrected chi connectivity index (χ4v) is 5.05. The molecule has 2 aliphatic rings. The third-order valence-corrected chi connectivity index (χ3v) is 7.49. The zero-order valence-electron chi connectivity index (χ0n) is 19.3. The fourth-order valence-electron chi connectivity index (χ4n) is 5.05. The molecule has 0 unspecified atom stereocenters. The van der Waals surface area contributed by atoms with E-state index in [9.17, 15) is 32.3 Å². The van der Waals surface area contributed by atoms with Crippen LogP contribution in [0.25, 0.3) is 0 Å². The Morgan fingerprint density at radius 3 is 1.91 bits per heavy atom. The monoisotopic (exact) mass is 492 g/mol. The first-order valence-electron chi connectivity index (χ1n) is 11.6. The van der Waals surface area contributed by atoms with Crippen LogP contribution in [0.5, 0.6) is 0 Å². The number of amides is 2. The van der Waals surface area contributed by atoms with Gasteiger partial charge in [-0.25, -0.2) is 4.39 Å². The molecule has 2 aromatic carbocycles. The fraction of sp³-hybridized carbons (Fsp3) is 0.462. The molecule has 1 atom stereocenters. The SMILES string of the molecule is C[C@](O)(c1ccc(C(=O)N(C2CC2)[C@H]2CC[C@](C(N)=O)(c3ccc(F)cc3)CC2)cc1)C(F)(F)F. The predicted octanol–water partition coefficient (Wildman–Crippen LogP) is 4.57. The molecular weight excluding hydrogens is 464 g/mol. The number of benzene rings is 2. The van der Waals surface area contributed by atoms with Crippen molar-refractivity contribution in [1.29, 1.82) is 0 Å². The summed E-state index contributed by atoms with van der Waals surface area (Å²) in [5.41, 5.74) is 2.37. The second-order valence-electron chi connectivity index (χ2n) is 9.78. The van der Waals surface area contributed by atoms with Gasteiger partial charge in [0, 0.05) is 17.6 Å². The molecule has 2 aromatic rings. The van der Waals surface area contributed by atoms with E-state index in [4.69, 9.17) is 5.73 Å². The number of hydrogen-bond acceptors (Lipinski definition) is 3. The lowest BCUT2D eigenvalue weighted by Gasteiger charge is -2.42. The maximum absolute atomic E-state index is 13.4. The molecule has 0 aliphatic heterocycles. The number of halogens is 4. The molecule has 2 amide bonds. The highest BCUT2D eigenvalue weighted by molar-refractivity contribution is 5.95. The van der Waals surface area contributed by atoms with Gasteiger partial charge in [-0.1, -0.05) is 24.3 Å². The van der Waals surface area contributed by atoms with E-state index in [0.29, 0.717) is 38.2 Å². The minimum atomic E-state index is -4.85. The quantitative estimate of drug-likeness (QED) is 0.580. The third kappa shape index (κ3) is 4.66. The highest BCUT2D eigenvalue weighted by Crippen LogP contribution is 2.44. The summed E-state index contributed by atoms with van der Waals surface area (Å²) in [7, 11) is 0. The van der Waals surface area contributed by atoms with Crippen molar-refractivity contribution in [2.75, 3.05) is 0 Å². The van der Waals surface area contributed by atoms with Crippen molar-refractivity contribution in [2.45, 2.75) is 74.7 Å². The molecule has 5 nitrogen and oxygen atoms in total. The second-order valence-corrected chi connectivity index (χ2v) is 9.78. The number of aliphatic hydroxyl groups is 1. The molecule has 188 valence electrons. The van der Waals surface area contributed by atoms with Crippen molar-refractivity contribution < 1.29 is 32.3 Å². The molecule has 35 heavy (non-hydrogen) atoms. The van der Waals surface area contributed by atoms with Gasteiger partial charge in [-0.15, -0.1) is 0 Å². The molecule has 0 spiro atoms. The lowest BCUT2D eigenvalue weighted by Crippen LogP contribution is -2.50. The number of nitrogens with zero attached hydrogens (tertiary/aromatic N) is 1. The third-order valence-electron chi connectivity index (χ3n) is 7.49. The van der Waals surface area contributed by atoms with Crippen molar-refractivity contribution >= 4 is 11.8 Å². The molecule has 3 N–H and O–H groups in total. The van der Waals surface area contributed by atoms with E-state index in [1.165, 1.54) is 24.3 Å². The van der Waals surface area contributed by atoms with Crippen molar-refractivity contribution in [3.63, 3.8) is 0 Å². The van der Waals surface area contributed by atoms with Gasteiger partial charge in [0.2, 0.25) is 5.91 Å². The zero-order valence-corrected chi connectivity index (χ0v) is 19.3. The summed E-state index contributed by atoms with van der Waals surface area (Å²) in [5, 5.41) is 9.89. The van der Waals surface area contributed by atoms with Crippen LogP contribution in [0.4, 0.5) is 17.6 Å². The zero-order chi connectivity index (χ0) is 25.6. The van der Waals surface area contributed by atoms with Gasteiger partial charge in [-0.2, -0.15) is 13.2 Å². The summed E-state index contributed by atoms with van der Waals surface area (Å²) in [6.07, 6.45) is -1.33. The van der Waals surface area contributed by atoms with Crippen molar-refractivity contribution in [3.8, 4) is 0 Å². The predicted molar refractivity (Wildman–Crippen MR) is 121 cm³/mol. The molecule has 2 fully saturated rings. The summed E-state index contributed by atoms with van der Waals surface area (Å²) in [4.78, 5) is 27.6. The van der Waals surface area contributed by atoms with E-state index in [1.807, 2.05) is 0 Å². The molecule has 2 aliphatic carbocycles. The lowest BCUT2D eigenvalue weighted by molar-refractivity contribution is -0.258. The molecule has 0 aromatic heterocycles. The number of rotatable bonds is 6. The van der Waals surface area contributed by atoms with Crippen molar-refractivity contribution in [1.82, 2.24) is 4.90 Å². The minimum absolute atomic E-state index is 0.0392. The Kier molecular flexibility index (Phi) is 6.42. The molecule has 0 heterocycles. The summed E-state index contributed by atoms with van der Waals surface area (Å²) in [5.74, 6) is -1.18. The van der Waals surface area contributed by atoms with Crippen LogP contribution in [0.3, 0.4) is 0 Å². The first kappa shape index (κ1) is 25.2. The van der Waals surface area contributed by atoms with Gasteiger partial charge in [0.1, 0.15) is 5.82 Å². The Morgan fingerprint density at radius 2 is 1.46 bits per heavy atom. The summed E-state index contributed by atoms with van der Waals surface area (Å²) in [6.45, 7) is 0.675. The van der Waals surface area contributed by atoms with Gasteiger partial charge >= 0.3 is 6.18 Å². The Balaban J connectivity index is 1.53. The molecule has 9 heteroatoms. The van der Waals surface area contributed by atoms with Gasteiger partial charge in [0.25, 0.3) is 5.91 Å². The van der Waals surface area contributed by atoms with Crippen LogP contribution in [0.15, 0.2) is 48.5 Å². The lowest BCUT2D eigenvalue weighted by atomic mass is 9.67. The molecular formula is C26H28F4N2O3. The highest BCUT2D eigenvalue weighted by atomic mass is 19.4. The Morgan fingerprint density at radius 1 is 0.943 bits per heavy atom. The molecule has 0 bridgehead atoms. The first-order chi connectivity index (χ1) is 16.4. The molecule has 2 saturated carbocycles. The van der Waals surface area contributed by atoms with Crippen LogP contribution in [-0.4, -0.2) is 40.1 Å². The number of primary amides is 1.